The fourth-order valence-corrected chi connectivity index (χ4v) is 3.43. The smallest absolute Gasteiger partial charge is 0.364 e. The Hall–Kier alpha value is -0.570. The Labute approximate surface area is 96.5 Å². The van der Waals surface area contributed by atoms with Crippen LogP contribution in [0.1, 0.15) is 32.3 Å². The third-order valence-corrected chi connectivity index (χ3v) is 4.29. The van der Waals surface area contributed by atoms with Gasteiger partial charge in [-0.1, -0.05) is 6.92 Å². The molecule has 1 aromatic heterocycles. The van der Waals surface area contributed by atoms with Crippen molar-refractivity contribution in [2.45, 2.75) is 34.1 Å². The van der Waals surface area contributed by atoms with Crippen LogP contribution in [0.5, 0.6) is 0 Å². The summed E-state index contributed by atoms with van der Waals surface area (Å²) in [6.45, 7) is 8.07. The lowest BCUT2D eigenvalue weighted by Gasteiger charge is -2.16. The molecule has 0 amide bonds. The maximum Gasteiger partial charge on any atom is 0.364 e. The zero-order valence-corrected chi connectivity index (χ0v) is 11.2. The predicted octanol–water partition coefficient (Wildman–Crippen LogP) is 3.04. The quantitative estimate of drug-likeness (QED) is 0.724. The molecule has 0 radical (unpaired) electrons. The zero-order valence-electron chi connectivity index (χ0n) is 10.3. The van der Waals surface area contributed by atoms with E-state index >= 15 is 0 Å². The standard InChI is InChI=1S/C11H19O4P/c1-5-10-11(8-9(4)15-10)16(12,13-6-2)14-7-3/h8H,5-7H2,1-4H3. The molecule has 1 aromatic rings. The summed E-state index contributed by atoms with van der Waals surface area (Å²) >= 11 is 0. The van der Waals surface area contributed by atoms with E-state index in [-0.39, 0.29) is 0 Å². The average Bonchev–Trinajstić information content (AvgIpc) is 2.61. The first-order valence-corrected chi connectivity index (χ1v) is 7.10. The van der Waals surface area contributed by atoms with Crippen LogP contribution in [-0.4, -0.2) is 13.2 Å². The fraction of sp³-hybridized carbons (Fsp3) is 0.636. The molecule has 0 atom stereocenters. The minimum atomic E-state index is -3.20. The number of hydrogen-bond acceptors (Lipinski definition) is 4. The Bertz CT molecular complexity index is 373. The predicted molar refractivity (Wildman–Crippen MR) is 63.3 cm³/mol. The van der Waals surface area contributed by atoms with Gasteiger partial charge in [0.1, 0.15) is 16.8 Å². The lowest BCUT2D eigenvalue weighted by atomic mass is 10.3. The van der Waals surface area contributed by atoms with Gasteiger partial charge in [-0.3, -0.25) is 4.57 Å². The highest BCUT2D eigenvalue weighted by molar-refractivity contribution is 7.62. The van der Waals surface area contributed by atoms with Gasteiger partial charge in [0, 0.05) is 6.42 Å². The van der Waals surface area contributed by atoms with E-state index in [9.17, 15) is 4.57 Å². The first-order chi connectivity index (χ1) is 7.57. The molecular weight excluding hydrogens is 227 g/mol. The number of aryl methyl sites for hydroxylation is 2. The van der Waals surface area contributed by atoms with Gasteiger partial charge in [0.2, 0.25) is 0 Å². The maximum atomic E-state index is 12.5. The molecule has 0 unspecified atom stereocenters. The molecule has 0 aliphatic heterocycles. The molecule has 92 valence electrons. The van der Waals surface area contributed by atoms with Crippen LogP contribution in [0.15, 0.2) is 10.5 Å². The fourth-order valence-electron chi connectivity index (χ4n) is 1.55. The summed E-state index contributed by atoms with van der Waals surface area (Å²) in [6, 6.07) is 1.74. The van der Waals surface area contributed by atoms with Crippen molar-refractivity contribution in [3.63, 3.8) is 0 Å². The molecule has 1 rings (SSSR count). The second-order valence-electron chi connectivity index (χ2n) is 3.35. The third-order valence-electron chi connectivity index (χ3n) is 2.12. The molecule has 0 spiro atoms. The first kappa shape index (κ1) is 13.5. The van der Waals surface area contributed by atoms with Crippen LogP contribution >= 0.6 is 7.60 Å². The minimum absolute atomic E-state index is 0.352. The molecule has 0 aromatic carbocycles. The van der Waals surface area contributed by atoms with Crippen molar-refractivity contribution in [3.8, 4) is 0 Å². The summed E-state index contributed by atoms with van der Waals surface area (Å²) in [5.74, 6) is 1.41. The molecule has 0 fully saturated rings. The average molecular weight is 246 g/mol. The molecule has 4 nitrogen and oxygen atoms in total. The van der Waals surface area contributed by atoms with Crippen LogP contribution in [0.3, 0.4) is 0 Å². The lowest BCUT2D eigenvalue weighted by molar-refractivity contribution is 0.229. The Balaban J connectivity index is 3.14. The molecule has 0 saturated heterocycles. The topological polar surface area (TPSA) is 48.7 Å². The van der Waals surface area contributed by atoms with Gasteiger partial charge < -0.3 is 13.5 Å². The van der Waals surface area contributed by atoms with Gasteiger partial charge in [-0.25, -0.2) is 0 Å². The highest BCUT2D eigenvalue weighted by Crippen LogP contribution is 2.48. The highest BCUT2D eigenvalue weighted by atomic mass is 31.2. The van der Waals surface area contributed by atoms with Gasteiger partial charge >= 0.3 is 7.60 Å². The molecule has 0 bridgehead atoms. The van der Waals surface area contributed by atoms with E-state index in [0.29, 0.717) is 30.7 Å². The SMILES string of the molecule is CCOP(=O)(OCC)c1cc(C)oc1CC. The van der Waals surface area contributed by atoms with Crippen molar-refractivity contribution in [3.05, 3.63) is 17.6 Å². The van der Waals surface area contributed by atoms with Crippen molar-refractivity contribution in [2.24, 2.45) is 0 Å². The van der Waals surface area contributed by atoms with Gasteiger partial charge in [0.05, 0.1) is 13.2 Å². The summed E-state index contributed by atoms with van der Waals surface area (Å²) in [7, 11) is -3.20. The van der Waals surface area contributed by atoms with E-state index in [4.69, 9.17) is 13.5 Å². The minimum Gasteiger partial charge on any atom is -0.465 e. The van der Waals surface area contributed by atoms with Crippen molar-refractivity contribution >= 4 is 12.9 Å². The van der Waals surface area contributed by atoms with E-state index in [1.807, 2.05) is 13.8 Å². The van der Waals surface area contributed by atoms with Gasteiger partial charge in [-0.05, 0) is 26.8 Å². The van der Waals surface area contributed by atoms with Crippen molar-refractivity contribution in [1.82, 2.24) is 0 Å². The Morgan fingerprint density at radius 1 is 1.25 bits per heavy atom. The van der Waals surface area contributed by atoms with Crippen LogP contribution in [0, 0.1) is 6.92 Å². The molecule has 0 saturated carbocycles. The summed E-state index contributed by atoms with van der Waals surface area (Å²) in [6.07, 6.45) is 0.674. The Morgan fingerprint density at radius 3 is 2.25 bits per heavy atom. The number of furan rings is 1. The number of hydrogen-bond donors (Lipinski definition) is 0. The van der Waals surface area contributed by atoms with Crippen molar-refractivity contribution < 1.29 is 18.0 Å². The molecular formula is C11H19O4P. The van der Waals surface area contributed by atoms with Crippen LogP contribution in [-0.2, 0) is 20.0 Å². The van der Waals surface area contributed by atoms with Gasteiger partial charge in [-0.2, -0.15) is 0 Å². The largest absolute Gasteiger partial charge is 0.465 e. The second-order valence-corrected chi connectivity index (χ2v) is 5.35. The van der Waals surface area contributed by atoms with Crippen LogP contribution in [0.4, 0.5) is 0 Å². The molecule has 0 aliphatic rings. The van der Waals surface area contributed by atoms with E-state index in [1.165, 1.54) is 0 Å². The van der Waals surface area contributed by atoms with E-state index in [2.05, 4.69) is 0 Å². The summed E-state index contributed by atoms with van der Waals surface area (Å²) < 4.78 is 28.5. The highest BCUT2D eigenvalue weighted by Gasteiger charge is 2.31. The molecule has 5 heteroatoms. The van der Waals surface area contributed by atoms with Crippen LogP contribution in [0.25, 0.3) is 0 Å². The van der Waals surface area contributed by atoms with E-state index < -0.39 is 7.60 Å². The van der Waals surface area contributed by atoms with Gasteiger partial charge in [0.15, 0.2) is 0 Å². The Kier molecular flexibility index (Phi) is 4.78. The molecule has 0 N–H and O–H groups in total. The monoisotopic (exact) mass is 246 g/mol. The summed E-state index contributed by atoms with van der Waals surface area (Å²) in [4.78, 5) is 0. The lowest BCUT2D eigenvalue weighted by Crippen LogP contribution is -2.12. The van der Waals surface area contributed by atoms with E-state index in [0.717, 1.165) is 5.76 Å². The summed E-state index contributed by atoms with van der Waals surface area (Å²) in [5, 5.41) is 0.566. The molecule has 0 aliphatic carbocycles. The van der Waals surface area contributed by atoms with Crippen molar-refractivity contribution in [1.29, 1.82) is 0 Å². The zero-order chi connectivity index (χ0) is 12.2. The molecule has 16 heavy (non-hydrogen) atoms. The first-order valence-electron chi connectivity index (χ1n) is 5.56. The van der Waals surface area contributed by atoms with Gasteiger partial charge in [-0.15, -0.1) is 0 Å². The third kappa shape index (κ3) is 2.76. The van der Waals surface area contributed by atoms with Crippen molar-refractivity contribution in [2.75, 3.05) is 13.2 Å². The van der Waals surface area contributed by atoms with E-state index in [1.54, 1.807) is 19.9 Å². The van der Waals surface area contributed by atoms with Crippen LogP contribution < -0.4 is 5.30 Å². The number of rotatable bonds is 6. The van der Waals surface area contributed by atoms with Gasteiger partial charge in [0.25, 0.3) is 0 Å². The molecule has 1 heterocycles. The Morgan fingerprint density at radius 2 is 1.81 bits per heavy atom. The summed E-state index contributed by atoms with van der Waals surface area (Å²) in [5.41, 5.74) is 0. The van der Waals surface area contributed by atoms with Crippen LogP contribution in [0.2, 0.25) is 0 Å². The second kappa shape index (κ2) is 5.67. The maximum absolute atomic E-state index is 12.5. The normalized spacial score (nSPS) is 12.0.